The third-order valence-corrected chi connectivity index (χ3v) is 16.2. The summed E-state index contributed by atoms with van der Waals surface area (Å²) in [5.74, 6) is -2.42. The van der Waals surface area contributed by atoms with E-state index in [1.807, 2.05) is 65.6 Å². The second-order valence-corrected chi connectivity index (χ2v) is 29.0. The molecule has 0 radical (unpaired) electrons. The van der Waals surface area contributed by atoms with Crippen molar-refractivity contribution in [1.29, 1.82) is 0 Å². The van der Waals surface area contributed by atoms with Gasteiger partial charge in [-0.3, -0.25) is 14.4 Å². The van der Waals surface area contributed by atoms with Crippen LogP contribution in [-0.4, -0.2) is 91.0 Å². The zero-order valence-electron chi connectivity index (χ0n) is 37.8. The number of amides is 2. The predicted octanol–water partition coefficient (Wildman–Crippen LogP) is 6.83. The zero-order valence-corrected chi connectivity index (χ0v) is 39.8. The highest BCUT2D eigenvalue weighted by molar-refractivity contribution is 6.88. The molecule has 2 amide bonds. The number of cyclic esters (lactones) is 1. The summed E-state index contributed by atoms with van der Waals surface area (Å²) in [7, 11) is -4.72. The number of fused-ring (bicyclic) bond motifs is 2. The molecule has 4 atom stereocenters. The number of ether oxygens (including phenoxy) is 2. The maximum Gasteiger partial charge on any atom is 0.419 e. The Hall–Kier alpha value is -4.42. The van der Waals surface area contributed by atoms with Gasteiger partial charge < -0.3 is 29.0 Å². The van der Waals surface area contributed by atoms with Crippen LogP contribution in [0.4, 0.5) is 4.79 Å². The number of allylic oxidation sites excluding steroid dienone is 2. The van der Waals surface area contributed by atoms with Gasteiger partial charge in [0.05, 0.1) is 18.2 Å². The van der Waals surface area contributed by atoms with Crippen LogP contribution in [0.2, 0.25) is 37.8 Å². The van der Waals surface area contributed by atoms with Crippen LogP contribution in [-0.2, 0) is 41.1 Å². The van der Waals surface area contributed by atoms with Gasteiger partial charge in [0.25, 0.3) is 5.91 Å². The van der Waals surface area contributed by atoms with Gasteiger partial charge in [-0.05, 0) is 57.8 Å². The number of aromatic nitrogens is 3. The lowest BCUT2D eigenvalue weighted by molar-refractivity contribution is -0.155. The molecular formula is C43H67N5O9Si2. The normalized spacial score (nSPS) is 22.0. The van der Waals surface area contributed by atoms with E-state index in [9.17, 15) is 24.0 Å². The van der Waals surface area contributed by atoms with Gasteiger partial charge in [0, 0.05) is 31.5 Å². The Morgan fingerprint density at radius 1 is 1.03 bits per heavy atom. The SMILES string of the molecule is CC1=CC(O[Si](C)(C)C(C)(C)C)CC(=O)Cc2nc(c([Si](C)(C)C)o2)C(=O)NC(Cc2cn(C(=O)OC(C)(C)C)cn2)C(=O)O[C@H](C(C)C)[C@H](C)/C=C/C(=O)NCC=C1. The Kier molecular flexibility index (Phi) is 16.4. The lowest BCUT2D eigenvalue weighted by Crippen LogP contribution is -2.48. The summed E-state index contributed by atoms with van der Waals surface area (Å²) < 4.78 is 25.7. The van der Waals surface area contributed by atoms with Crippen molar-refractivity contribution in [2.45, 2.75) is 150 Å². The van der Waals surface area contributed by atoms with Crippen LogP contribution < -0.4 is 16.0 Å². The van der Waals surface area contributed by atoms with E-state index >= 15 is 0 Å². The van der Waals surface area contributed by atoms with Crippen molar-refractivity contribution in [3.63, 3.8) is 0 Å². The molecule has 2 aromatic rings. The Balaban J connectivity index is 2.11. The van der Waals surface area contributed by atoms with Crippen LogP contribution in [0.3, 0.4) is 0 Å². The molecule has 1 aliphatic heterocycles. The highest BCUT2D eigenvalue weighted by Crippen LogP contribution is 2.38. The number of nitrogens with zero attached hydrogens (tertiary/aromatic N) is 3. The van der Waals surface area contributed by atoms with Crippen LogP contribution >= 0.6 is 0 Å². The number of hydrogen-bond acceptors (Lipinski definition) is 11. The standard InChI is InChI=1S/C43H67N5O9Si2/c1-27(2)37-29(4)18-19-34(50)44-20-16-17-28(3)21-32(57-59(14,15)43(8,9)10)23-31(49)24-35-47-36(40(54-35)58(11,12)13)38(51)46-33(39(52)55-37)22-30-25-48(26-45-30)41(53)56-42(5,6)7/h16-19,21,25-27,29,32-33,37H,20,22-24H2,1-15H3,(H,44,50)(H,46,51)/b17-16?,19-18+,28-21?/t29-,32?,33?,37-/m1/s1. The number of imidazole rings is 1. The molecular weight excluding hydrogens is 787 g/mol. The highest BCUT2D eigenvalue weighted by atomic mass is 28.4. The summed E-state index contributed by atoms with van der Waals surface area (Å²) in [6, 6.07) is -1.28. The molecule has 3 rings (SSSR count). The molecule has 0 saturated heterocycles. The molecule has 0 fully saturated rings. The van der Waals surface area contributed by atoms with E-state index in [0.29, 0.717) is 11.1 Å². The van der Waals surface area contributed by atoms with Gasteiger partial charge in [-0.15, -0.1) is 0 Å². The summed E-state index contributed by atoms with van der Waals surface area (Å²) in [5, 5.41) is 5.92. The molecule has 0 aromatic carbocycles. The van der Waals surface area contributed by atoms with Crippen molar-refractivity contribution < 1.29 is 42.3 Å². The molecule has 16 heteroatoms. The smallest absolute Gasteiger partial charge is 0.419 e. The van der Waals surface area contributed by atoms with Gasteiger partial charge in [0.1, 0.15) is 43.3 Å². The average Bonchev–Trinajstić information content (AvgIpc) is 3.73. The number of carbonyl (C=O) groups excluding carboxylic acids is 5. The maximum atomic E-state index is 14.3. The molecule has 2 bridgehead atoms. The summed E-state index contributed by atoms with van der Waals surface area (Å²) in [6.07, 6.45) is 9.30. The molecule has 14 nitrogen and oxygen atoms in total. The third-order valence-electron chi connectivity index (χ3n) is 10.0. The van der Waals surface area contributed by atoms with Crippen molar-refractivity contribution in [2.24, 2.45) is 11.8 Å². The lowest BCUT2D eigenvalue weighted by Gasteiger charge is -2.38. The van der Waals surface area contributed by atoms with Crippen LogP contribution in [0, 0.1) is 11.8 Å². The highest BCUT2D eigenvalue weighted by Gasteiger charge is 2.40. The van der Waals surface area contributed by atoms with Crippen LogP contribution in [0.15, 0.2) is 52.9 Å². The molecule has 2 N–H and O–H groups in total. The first-order chi connectivity index (χ1) is 27.1. The number of oxazole rings is 1. The fourth-order valence-electron chi connectivity index (χ4n) is 6.00. The van der Waals surface area contributed by atoms with E-state index in [-0.39, 0.29) is 66.0 Å². The van der Waals surface area contributed by atoms with Gasteiger partial charge in [-0.1, -0.05) is 91.1 Å². The second-order valence-electron chi connectivity index (χ2n) is 19.3. The number of hydrogen-bond donors (Lipinski definition) is 2. The van der Waals surface area contributed by atoms with Crippen molar-refractivity contribution in [2.75, 3.05) is 6.54 Å². The van der Waals surface area contributed by atoms with Crippen molar-refractivity contribution in [1.82, 2.24) is 25.2 Å². The summed E-state index contributed by atoms with van der Waals surface area (Å²) in [4.78, 5) is 76.7. The average molecular weight is 854 g/mol. The Labute approximate surface area is 352 Å². The molecule has 2 aromatic heterocycles. The minimum atomic E-state index is -2.40. The Morgan fingerprint density at radius 3 is 2.29 bits per heavy atom. The van der Waals surface area contributed by atoms with Crippen LogP contribution in [0.5, 0.6) is 0 Å². The Bertz CT molecular complexity index is 1920. The van der Waals surface area contributed by atoms with Gasteiger partial charge in [0.15, 0.2) is 14.0 Å². The number of esters is 1. The molecule has 2 unspecified atom stereocenters. The van der Waals surface area contributed by atoms with E-state index < -0.39 is 58.2 Å². The number of ketones is 1. The Morgan fingerprint density at radius 2 is 1.69 bits per heavy atom. The number of rotatable bonds is 6. The topological polar surface area (TPSA) is 181 Å². The monoisotopic (exact) mass is 853 g/mol. The van der Waals surface area contributed by atoms with E-state index in [1.54, 1.807) is 26.8 Å². The van der Waals surface area contributed by atoms with Gasteiger partial charge in [-0.2, -0.15) is 0 Å². The summed E-state index contributed by atoms with van der Waals surface area (Å²) in [5.41, 5.74) is 0.407. The van der Waals surface area contributed by atoms with Gasteiger partial charge in [0.2, 0.25) is 11.8 Å². The zero-order chi connectivity index (χ0) is 44.7. The molecule has 1 aliphatic rings. The predicted molar refractivity (Wildman–Crippen MR) is 233 cm³/mol. The third kappa shape index (κ3) is 15.0. The number of nitrogens with one attached hydrogen (secondary N) is 2. The van der Waals surface area contributed by atoms with E-state index in [1.165, 1.54) is 23.2 Å². The molecule has 0 aliphatic carbocycles. The van der Waals surface area contributed by atoms with E-state index in [0.717, 1.165) is 5.57 Å². The summed E-state index contributed by atoms with van der Waals surface area (Å²) >= 11 is 0. The maximum absolute atomic E-state index is 14.3. The second kappa shape index (κ2) is 19.8. The van der Waals surface area contributed by atoms with Gasteiger partial charge >= 0.3 is 12.1 Å². The minimum absolute atomic E-state index is 0.0138. The van der Waals surface area contributed by atoms with E-state index in [2.05, 4.69) is 54.5 Å². The molecule has 3 heterocycles. The van der Waals surface area contributed by atoms with E-state index in [4.69, 9.17) is 18.3 Å². The fourth-order valence-corrected chi connectivity index (χ4v) is 8.56. The largest absolute Gasteiger partial charge is 0.460 e. The van der Waals surface area contributed by atoms with Gasteiger partial charge in [-0.25, -0.2) is 24.1 Å². The number of Topliss-reactive ketones (excluding diaryl/α,β-unsaturated/α-hetero) is 1. The number of carbonyl (C=O) groups is 5. The quantitative estimate of drug-likeness (QED) is 0.230. The lowest BCUT2D eigenvalue weighted by atomic mass is 9.94. The fraction of sp³-hybridized carbons (Fsp3) is 0.605. The first kappa shape index (κ1) is 48.9. The summed E-state index contributed by atoms with van der Waals surface area (Å²) in [6.45, 7) is 29.7. The van der Waals surface area contributed by atoms with Crippen molar-refractivity contribution in [3.8, 4) is 0 Å². The van der Waals surface area contributed by atoms with Crippen LogP contribution in [0.25, 0.3) is 0 Å². The molecule has 59 heavy (non-hydrogen) atoms. The first-order valence-electron chi connectivity index (χ1n) is 20.3. The van der Waals surface area contributed by atoms with Crippen LogP contribution in [0.1, 0.15) is 97.7 Å². The molecule has 0 spiro atoms. The minimum Gasteiger partial charge on any atom is -0.460 e. The molecule has 326 valence electrons. The molecule has 0 saturated carbocycles. The first-order valence-corrected chi connectivity index (χ1v) is 26.8. The van der Waals surface area contributed by atoms with Crippen molar-refractivity contribution >= 4 is 51.4 Å². The van der Waals surface area contributed by atoms with Crippen molar-refractivity contribution in [3.05, 3.63) is 65.8 Å².